The molecule has 7 heteroatoms. The van der Waals surface area contributed by atoms with Gasteiger partial charge in [-0.15, -0.1) is 0 Å². The molecule has 3 heterocycles. The Morgan fingerprint density at radius 1 is 1.04 bits per heavy atom. The molecule has 0 radical (unpaired) electrons. The lowest BCUT2D eigenvalue weighted by atomic mass is 10.0. The molecular formula is C19H16N4O3. The van der Waals surface area contributed by atoms with Crippen LogP contribution in [0.3, 0.4) is 0 Å². The fourth-order valence-corrected chi connectivity index (χ4v) is 3.53. The first-order valence-corrected chi connectivity index (χ1v) is 8.22. The van der Waals surface area contributed by atoms with Gasteiger partial charge in [-0.1, -0.05) is 24.3 Å². The van der Waals surface area contributed by atoms with Crippen LogP contribution in [0.4, 0.5) is 5.69 Å². The van der Waals surface area contributed by atoms with Gasteiger partial charge < -0.3 is 10.8 Å². The summed E-state index contributed by atoms with van der Waals surface area (Å²) in [4.78, 5) is 34.9. The summed E-state index contributed by atoms with van der Waals surface area (Å²) in [7, 11) is 0. The average Bonchev–Trinajstić information content (AvgIpc) is 2.78. The number of benzene rings is 2. The number of nitrogens with zero attached hydrogens (tertiary/aromatic N) is 3. The van der Waals surface area contributed by atoms with Crippen LogP contribution in [0.5, 0.6) is 0 Å². The maximum Gasteiger partial charge on any atom is 0.266 e. The molecule has 1 aromatic heterocycles. The van der Waals surface area contributed by atoms with E-state index < -0.39 is 0 Å². The van der Waals surface area contributed by atoms with Crippen LogP contribution in [0.15, 0.2) is 58.3 Å². The van der Waals surface area contributed by atoms with E-state index >= 15 is 0 Å². The van der Waals surface area contributed by atoms with Crippen LogP contribution in [0.1, 0.15) is 22.6 Å². The van der Waals surface area contributed by atoms with Gasteiger partial charge in [0.25, 0.3) is 11.5 Å². The second-order valence-electron chi connectivity index (χ2n) is 6.24. The summed E-state index contributed by atoms with van der Waals surface area (Å²) < 4.78 is 1.57. The standard InChI is InChI=1S/C19H14N4O2.H2O/c24-18-11-5-1-3-7-13(11)21-17-15(22-18)9-10-16-20-14-8-4-2-6-12(14)19(25)23(16)17;/h1-8,15H,9-10H2,(H,22,24);1H2/t15-;/m0./s1. The third-order valence-corrected chi connectivity index (χ3v) is 4.73. The molecule has 0 aliphatic carbocycles. The van der Waals surface area contributed by atoms with Gasteiger partial charge in [-0.3, -0.25) is 9.59 Å². The predicted octanol–water partition coefficient (Wildman–Crippen LogP) is 1.21. The molecular weight excluding hydrogens is 332 g/mol. The number of para-hydroxylation sites is 2. The lowest BCUT2D eigenvalue weighted by Gasteiger charge is -2.27. The van der Waals surface area contributed by atoms with Crippen LogP contribution < -0.4 is 10.9 Å². The van der Waals surface area contributed by atoms with Crippen molar-refractivity contribution in [1.82, 2.24) is 14.9 Å². The van der Waals surface area contributed by atoms with Gasteiger partial charge in [0.05, 0.1) is 28.2 Å². The van der Waals surface area contributed by atoms with Crippen LogP contribution in [0.2, 0.25) is 0 Å². The number of fused-ring (bicyclic) bond motifs is 5. The van der Waals surface area contributed by atoms with E-state index in [1.54, 1.807) is 22.8 Å². The Kier molecular flexibility index (Phi) is 3.66. The summed E-state index contributed by atoms with van der Waals surface area (Å²) in [6.45, 7) is 0. The minimum Gasteiger partial charge on any atom is -0.412 e. The summed E-state index contributed by atoms with van der Waals surface area (Å²) >= 11 is 0. The molecule has 1 atom stereocenters. The van der Waals surface area contributed by atoms with Crippen molar-refractivity contribution in [1.29, 1.82) is 0 Å². The minimum absolute atomic E-state index is 0. The number of nitrogens with one attached hydrogen (secondary N) is 1. The summed E-state index contributed by atoms with van der Waals surface area (Å²) in [6, 6.07) is 14.2. The Bertz CT molecular complexity index is 1130. The molecule has 0 spiro atoms. The van der Waals surface area contributed by atoms with E-state index in [4.69, 9.17) is 0 Å². The zero-order chi connectivity index (χ0) is 17.0. The Balaban J connectivity index is 0.00000168. The summed E-state index contributed by atoms with van der Waals surface area (Å²) in [5.74, 6) is 1.07. The van der Waals surface area contributed by atoms with E-state index in [-0.39, 0.29) is 23.0 Å². The molecule has 2 aliphatic heterocycles. The molecule has 7 nitrogen and oxygen atoms in total. The fraction of sp³-hybridized carbons (Fsp3) is 0.158. The van der Waals surface area contributed by atoms with Crippen molar-refractivity contribution >= 4 is 28.3 Å². The molecule has 5 rings (SSSR count). The van der Waals surface area contributed by atoms with Gasteiger partial charge in [0.15, 0.2) is 0 Å². The number of rotatable bonds is 0. The van der Waals surface area contributed by atoms with Crippen molar-refractivity contribution in [2.45, 2.75) is 18.9 Å². The molecule has 2 aliphatic rings. The number of aryl methyl sites for hydroxylation is 1. The third-order valence-electron chi connectivity index (χ3n) is 4.73. The van der Waals surface area contributed by atoms with Crippen molar-refractivity contribution in [3.05, 3.63) is 70.3 Å². The van der Waals surface area contributed by atoms with Crippen LogP contribution >= 0.6 is 0 Å². The van der Waals surface area contributed by atoms with E-state index in [9.17, 15) is 9.59 Å². The first kappa shape index (κ1) is 16.2. The monoisotopic (exact) mass is 348 g/mol. The average molecular weight is 348 g/mol. The Hall–Kier alpha value is -3.32. The Morgan fingerprint density at radius 3 is 2.69 bits per heavy atom. The molecule has 26 heavy (non-hydrogen) atoms. The van der Waals surface area contributed by atoms with E-state index in [1.807, 2.05) is 30.3 Å². The van der Waals surface area contributed by atoms with Gasteiger partial charge in [0.2, 0.25) is 0 Å². The summed E-state index contributed by atoms with van der Waals surface area (Å²) in [5.41, 5.74) is 1.65. The van der Waals surface area contributed by atoms with Gasteiger partial charge in [-0.2, -0.15) is 0 Å². The molecule has 1 amide bonds. The summed E-state index contributed by atoms with van der Waals surface area (Å²) in [5, 5.41) is 3.55. The molecule has 0 unspecified atom stereocenters. The van der Waals surface area contributed by atoms with Crippen LogP contribution in [0, 0.1) is 0 Å². The number of aromatic nitrogens is 2. The SMILES string of the molecule is O.O=C1N[C@H]2CCc3nc4ccccc4c(=O)n3C2=Nc2ccccc21. The highest BCUT2D eigenvalue weighted by Gasteiger charge is 2.32. The third kappa shape index (κ3) is 2.25. The lowest BCUT2D eigenvalue weighted by Crippen LogP contribution is -2.49. The highest BCUT2D eigenvalue weighted by molar-refractivity contribution is 6.07. The molecule has 0 bridgehead atoms. The van der Waals surface area contributed by atoms with Crippen molar-refractivity contribution in [3.63, 3.8) is 0 Å². The fourth-order valence-electron chi connectivity index (χ4n) is 3.53. The summed E-state index contributed by atoms with van der Waals surface area (Å²) in [6.07, 6.45) is 1.28. The largest absolute Gasteiger partial charge is 0.412 e. The minimum atomic E-state index is -0.298. The van der Waals surface area contributed by atoms with Crippen LogP contribution in [-0.2, 0) is 6.42 Å². The molecule has 130 valence electrons. The maximum atomic E-state index is 13.1. The second-order valence-corrected chi connectivity index (χ2v) is 6.24. The van der Waals surface area contributed by atoms with Gasteiger partial charge in [0.1, 0.15) is 11.7 Å². The zero-order valence-corrected chi connectivity index (χ0v) is 13.8. The van der Waals surface area contributed by atoms with Gasteiger partial charge in [-0.25, -0.2) is 14.5 Å². The van der Waals surface area contributed by atoms with E-state index in [0.29, 0.717) is 46.7 Å². The molecule has 0 saturated heterocycles. The van der Waals surface area contributed by atoms with E-state index in [1.165, 1.54) is 0 Å². The van der Waals surface area contributed by atoms with Crippen LogP contribution in [-0.4, -0.2) is 32.8 Å². The van der Waals surface area contributed by atoms with Gasteiger partial charge in [-0.05, 0) is 30.7 Å². The highest BCUT2D eigenvalue weighted by Crippen LogP contribution is 2.25. The van der Waals surface area contributed by atoms with Gasteiger partial charge in [0, 0.05) is 6.42 Å². The number of aliphatic imine (C=N–C) groups is 1. The first-order chi connectivity index (χ1) is 12.2. The molecule has 2 aromatic carbocycles. The number of carbonyl (C=O) groups excluding carboxylic acids is 1. The Morgan fingerprint density at radius 2 is 1.81 bits per heavy atom. The number of carbonyl (C=O) groups is 1. The first-order valence-electron chi connectivity index (χ1n) is 8.22. The number of hydrogen-bond donors (Lipinski definition) is 1. The molecule has 0 saturated carbocycles. The van der Waals surface area contributed by atoms with E-state index in [0.717, 1.165) is 0 Å². The van der Waals surface area contributed by atoms with Crippen molar-refractivity contribution in [2.24, 2.45) is 4.99 Å². The predicted molar refractivity (Wildman–Crippen MR) is 98.1 cm³/mol. The quantitative estimate of drug-likeness (QED) is 0.659. The topological polar surface area (TPSA) is 108 Å². The van der Waals surface area contributed by atoms with Crippen molar-refractivity contribution in [2.75, 3.05) is 0 Å². The maximum absolute atomic E-state index is 13.1. The highest BCUT2D eigenvalue weighted by atomic mass is 16.2. The molecule has 3 aromatic rings. The smallest absolute Gasteiger partial charge is 0.266 e. The normalized spacial score (nSPS) is 17.8. The Labute approximate surface area is 148 Å². The zero-order valence-electron chi connectivity index (χ0n) is 13.8. The van der Waals surface area contributed by atoms with Gasteiger partial charge >= 0.3 is 0 Å². The van der Waals surface area contributed by atoms with Crippen LogP contribution in [0.25, 0.3) is 10.9 Å². The lowest BCUT2D eigenvalue weighted by molar-refractivity contribution is 0.0946. The van der Waals surface area contributed by atoms with E-state index in [2.05, 4.69) is 15.3 Å². The van der Waals surface area contributed by atoms with Crippen molar-refractivity contribution in [3.8, 4) is 0 Å². The molecule has 3 N–H and O–H groups in total. The van der Waals surface area contributed by atoms with Crippen molar-refractivity contribution < 1.29 is 10.3 Å². The molecule has 0 fully saturated rings. The second kappa shape index (κ2) is 5.89. The number of hydrogen-bond acceptors (Lipinski definition) is 4. The number of amides is 1.